The van der Waals surface area contributed by atoms with Crippen LogP contribution in [0.2, 0.25) is 25.7 Å². The summed E-state index contributed by atoms with van der Waals surface area (Å²) in [5.74, 6) is 2.15. The van der Waals surface area contributed by atoms with Gasteiger partial charge < -0.3 is 32.7 Å². The Labute approximate surface area is 389 Å². The van der Waals surface area contributed by atoms with Gasteiger partial charge in [-0.3, -0.25) is 14.7 Å². The highest BCUT2D eigenvalue weighted by atomic mass is 32.2. The van der Waals surface area contributed by atoms with Gasteiger partial charge in [-0.1, -0.05) is 86.0 Å². The van der Waals surface area contributed by atoms with E-state index in [0.717, 1.165) is 22.7 Å². The van der Waals surface area contributed by atoms with Crippen molar-refractivity contribution in [3.8, 4) is 11.5 Å². The molecule has 0 spiro atoms. The van der Waals surface area contributed by atoms with E-state index in [1.54, 1.807) is 27.5 Å². The summed E-state index contributed by atoms with van der Waals surface area (Å²) in [6, 6.07) is 26.9. The fraction of sp³-hybridized carbons (Fsp3) is 0.468. The second-order valence-corrected chi connectivity index (χ2v) is 25.7. The van der Waals surface area contributed by atoms with Gasteiger partial charge in [-0.2, -0.15) is 0 Å². The maximum Gasteiger partial charge on any atom is 0.412 e. The molecule has 1 fully saturated rings. The fourth-order valence-electron chi connectivity index (χ4n) is 7.69. The summed E-state index contributed by atoms with van der Waals surface area (Å²) in [7, 11) is 0.220. The van der Waals surface area contributed by atoms with E-state index in [1.807, 2.05) is 71.3 Å². The number of hydrogen-bond donors (Lipinski definition) is 1. The number of rotatable bonds is 22. The molecule has 6 rings (SSSR count). The minimum absolute atomic E-state index is 0.0249. The third kappa shape index (κ3) is 12.7. The number of methoxy groups -OCH3 is 2. The third-order valence-electron chi connectivity index (χ3n) is 10.9. The van der Waals surface area contributed by atoms with Gasteiger partial charge in [0.2, 0.25) is 0 Å². The van der Waals surface area contributed by atoms with Crippen LogP contribution < -0.4 is 14.8 Å². The van der Waals surface area contributed by atoms with E-state index < -0.39 is 46.7 Å². The van der Waals surface area contributed by atoms with Crippen LogP contribution in [0.3, 0.4) is 0 Å². The van der Waals surface area contributed by atoms with Gasteiger partial charge in [0.05, 0.1) is 46.5 Å². The number of anilines is 1. The molecule has 1 saturated heterocycles. The summed E-state index contributed by atoms with van der Waals surface area (Å²) in [5.41, 5.74) is 2.37. The zero-order valence-electron chi connectivity index (χ0n) is 39.1. The summed E-state index contributed by atoms with van der Waals surface area (Å²) in [6.45, 7) is 17.4. The molecule has 3 aromatic carbocycles. The van der Waals surface area contributed by atoms with E-state index in [-0.39, 0.29) is 29.6 Å². The molecular weight excluding hydrogens is 884 g/mol. The molecule has 0 aliphatic carbocycles. The Hall–Kier alpha value is -4.45. The van der Waals surface area contributed by atoms with Crippen molar-refractivity contribution in [2.75, 3.05) is 45.1 Å². The first kappa shape index (κ1) is 50.0. The van der Waals surface area contributed by atoms with Crippen LogP contribution in [-0.2, 0) is 33.7 Å². The average Bonchev–Trinajstić information content (AvgIpc) is 3.90. The second kappa shape index (κ2) is 22.8. The Morgan fingerprint density at radius 2 is 1.51 bits per heavy atom. The van der Waals surface area contributed by atoms with Gasteiger partial charge in [-0.15, -0.1) is 0 Å². The van der Waals surface area contributed by atoms with Crippen LogP contribution in [0.5, 0.6) is 11.5 Å². The maximum absolute atomic E-state index is 12.9. The predicted molar refractivity (Wildman–Crippen MR) is 258 cm³/mol. The molecule has 0 bridgehead atoms. The first-order valence-corrected chi connectivity index (χ1v) is 27.7. The Morgan fingerprint density at radius 3 is 2.08 bits per heavy atom. The molecule has 350 valence electrons. The monoisotopic (exact) mass is 946 g/mol. The molecule has 1 amide bonds. The zero-order valence-corrected chi connectivity index (χ0v) is 41.8. The summed E-state index contributed by atoms with van der Waals surface area (Å²) < 4.78 is 48.8. The number of imidazole rings is 1. The largest absolute Gasteiger partial charge is 0.497 e. The van der Waals surface area contributed by atoms with Crippen molar-refractivity contribution in [2.45, 2.75) is 103 Å². The van der Waals surface area contributed by atoms with Gasteiger partial charge in [0.15, 0.2) is 22.1 Å². The van der Waals surface area contributed by atoms with Crippen LogP contribution in [0, 0.1) is 0 Å². The van der Waals surface area contributed by atoms with Gasteiger partial charge >= 0.3 is 6.09 Å². The van der Waals surface area contributed by atoms with E-state index in [1.165, 1.54) is 18.1 Å². The molecule has 3 heterocycles. The number of thioether (sulfide) groups is 1. The molecule has 15 nitrogen and oxygen atoms in total. The molecule has 0 saturated carbocycles. The van der Waals surface area contributed by atoms with Crippen molar-refractivity contribution in [3.63, 3.8) is 0 Å². The van der Waals surface area contributed by atoms with Crippen LogP contribution in [0.15, 0.2) is 91.5 Å². The lowest BCUT2D eigenvalue weighted by molar-refractivity contribution is -0.109. The molecule has 0 radical (unpaired) electrons. The van der Waals surface area contributed by atoms with E-state index in [2.05, 4.69) is 84.4 Å². The summed E-state index contributed by atoms with van der Waals surface area (Å²) >= 11 is 1.22. The van der Waals surface area contributed by atoms with Crippen molar-refractivity contribution in [1.29, 1.82) is 0 Å². The van der Waals surface area contributed by atoms with E-state index in [9.17, 15) is 9.59 Å². The number of ether oxygens (including phenoxy) is 5. The number of carbonyl (C=O) groups is 2. The highest BCUT2D eigenvalue weighted by molar-refractivity contribution is 8.13. The quantitative estimate of drug-likeness (QED) is 0.0302. The lowest BCUT2D eigenvalue weighted by Crippen LogP contribution is -2.39. The van der Waals surface area contributed by atoms with E-state index >= 15 is 0 Å². The van der Waals surface area contributed by atoms with Crippen molar-refractivity contribution < 1.29 is 42.3 Å². The fourth-order valence-corrected chi connectivity index (χ4v) is 10.7. The molecule has 5 aromatic rings. The Kier molecular flexibility index (Phi) is 17.6. The van der Waals surface area contributed by atoms with Crippen LogP contribution in [0.4, 0.5) is 10.6 Å². The van der Waals surface area contributed by atoms with Crippen molar-refractivity contribution in [1.82, 2.24) is 24.2 Å². The average molecular weight is 947 g/mol. The Bertz CT molecular complexity index is 2240. The van der Waals surface area contributed by atoms with Gasteiger partial charge in [-0.25, -0.2) is 24.4 Å². The molecule has 18 heteroatoms. The maximum atomic E-state index is 12.9. The lowest BCUT2D eigenvalue weighted by Gasteiger charge is -2.39. The van der Waals surface area contributed by atoms with Gasteiger partial charge in [0.1, 0.15) is 35.8 Å². The first-order valence-electron chi connectivity index (χ1n) is 21.9. The summed E-state index contributed by atoms with van der Waals surface area (Å²) in [6.07, 6.45) is 0.990. The van der Waals surface area contributed by atoms with Gasteiger partial charge in [0, 0.05) is 39.3 Å². The van der Waals surface area contributed by atoms with Crippen LogP contribution in [-0.4, -0.2) is 108 Å². The Balaban J connectivity index is 1.39. The number of hydrogen-bond acceptors (Lipinski definition) is 14. The molecule has 1 N–H and O–H groups in total. The smallest absolute Gasteiger partial charge is 0.412 e. The molecule has 1 aliphatic rings. The highest BCUT2D eigenvalue weighted by Crippen LogP contribution is 2.51. The van der Waals surface area contributed by atoms with E-state index in [0.29, 0.717) is 48.1 Å². The minimum Gasteiger partial charge on any atom is -0.497 e. The third-order valence-corrected chi connectivity index (χ3v) is 15.5. The summed E-state index contributed by atoms with van der Waals surface area (Å²) in [5, 5.41) is 2.79. The number of carbonyl (C=O) groups excluding carboxylic acids is 2. The van der Waals surface area contributed by atoms with Gasteiger partial charge in [-0.05, 0) is 74.7 Å². The molecule has 4 atom stereocenters. The highest BCUT2D eigenvalue weighted by Gasteiger charge is 2.45. The topological polar surface area (TPSA) is 158 Å². The van der Waals surface area contributed by atoms with Crippen molar-refractivity contribution in [2.24, 2.45) is 0 Å². The number of nitrogens with zero attached hydrogens (tertiary/aromatic N) is 5. The number of fused-ring (bicyclic) bond motifs is 1. The number of benzene rings is 3. The van der Waals surface area contributed by atoms with Crippen molar-refractivity contribution >= 4 is 56.6 Å². The standard InChI is InChI=1S/C47H63N6O9PSSi/c1-32(2)53(33(3)4)63(60-24-26-64-34(5)54)62-40-28-42(52-31-50-43-44(48-30-49-45(43)52)51-46(55)58-25-27-65(8,9)10)61-41(40)29-59-47(35-14-12-11-13-15-35,36-16-20-38(56-6)21-17-36)37-18-22-39(57-7)23-19-37/h11-23,30-33,40-42H,24-29H2,1-10H3,(H,48,49,51,55)/t40-,41+,42+,63?/m0/s1. The van der Waals surface area contributed by atoms with Crippen LogP contribution >= 0.6 is 20.3 Å². The summed E-state index contributed by atoms with van der Waals surface area (Å²) in [4.78, 5) is 38.4. The molecule has 1 aliphatic heterocycles. The number of nitrogens with one attached hydrogen (secondary N) is 1. The van der Waals surface area contributed by atoms with Gasteiger partial charge in [0.25, 0.3) is 8.53 Å². The van der Waals surface area contributed by atoms with Crippen molar-refractivity contribution in [3.05, 3.63) is 108 Å². The number of aromatic nitrogens is 4. The molecule has 65 heavy (non-hydrogen) atoms. The number of amides is 1. The van der Waals surface area contributed by atoms with Crippen LogP contribution in [0.1, 0.15) is 64.0 Å². The molecular formula is C47H63N6O9PSSi. The lowest BCUT2D eigenvalue weighted by atomic mass is 9.80. The molecule has 1 unspecified atom stereocenters. The predicted octanol–water partition coefficient (Wildman–Crippen LogP) is 10.1. The van der Waals surface area contributed by atoms with E-state index in [4.69, 9.17) is 32.7 Å². The first-order chi connectivity index (χ1) is 31.1. The Morgan fingerprint density at radius 1 is 0.892 bits per heavy atom. The second-order valence-electron chi connectivity index (χ2n) is 17.4. The zero-order chi connectivity index (χ0) is 46.7. The molecule has 2 aromatic heterocycles. The van der Waals surface area contributed by atoms with Crippen LogP contribution in [0.25, 0.3) is 11.2 Å². The SMILES string of the molecule is COc1ccc(C(OC[C@H]2O[C@@H](n3cnc4c(NC(=O)OCC[Si](C)(C)C)ncnc43)C[C@@H]2OP(OCCSC(C)=O)N(C(C)C)C(C)C)(c2ccccc2)c2ccc(OC)cc2)cc1. The minimum atomic E-state index is -1.66. The normalized spacial score (nSPS) is 17.2.